The van der Waals surface area contributed by atoms with E-state index < -0.39 is 6.04 Å². The fourth-order valence-corrected chi connectivity index (χ4v) is 3.77. The number of ether oxygens (including phenoxy) is 1. The van der Waals surface area contributed by atoms with Crippen molar-refractivity contribution in [3.8, 4) is 0 Å². The molecule has 0 bridgehead atoms. The fraction of sp³-hybridized carbons (Fsp3) is 0.586. The number of hydrogen-bond donors (Lipinski definition) is 3. The number of anilines is 1. The molecule has 4 amide bonds. The minimum atomic E-state index is -0.638. The summed E-state index contributed by atoms with van der Waals surface area (Å²) in [5.41, 5.74) is 2.25. The van der Waals surface area contributed by atoms with Crippen molar-refractivity contribution in [1.82, 2.24) is 15.5 Å². The van der Waals surface area contributed by atoms with Crippen LogP contribution in [0.5, 0.6) is 0 Å². The molecule has 9 nitrogen and oxygen atoms in total. The van der Waals surface area contributed by atoms with Crippen molar-refractivity contribution >= 4 is 29.3 Å². The molecule has 3 N–H and O–H groups in total. The van der Waals surface area contributed by atoms with Crippen molar-refractivity contribution in [1.29, 1.82) is 0 Å². The summed E-state index contributed by atoms with van der Waals surface area (Å²) in [6.45, 7) is 12.8. The van der Waals surface area contributed by atoms with Gasteiger partial charge in [-0.05, 0) is 49.8 Å². The first-order valence-corrected chi connectivity index (χ1v) is 13.7. The van der Waals surface area contributed by atoms with Crippen LogP contribution in [0.4, 0.5) is 5.69 Å². The second-order valence-corrected chi connectivity index (χ2v) is 9.41. The third-order valence-corrected chi connectivity index (χ3v) is 5.95. The summed E-state index contributed by atoms with van der Waals surface area (Å²) in [5, 5.41) is 8.94. The van der Waals surface area contributed by atoms with E-state index in [1.54, 1.807) is 0 Å². The molecule has 38 heavy (non-hydrogen) atoms. The van der Waals surface area contributed by atoms with E-state index in [4.69, 9.17) is 4.74 Å². The number of carbonyl (C=O) groups excluding carboxylic acids is 4. The summed E-state index contributed by atoms with van der Waals surface area (Å²) in [6, 6.07) is 7.31. The van der Waals surface area contributed by atoms with Crippen LogP contribution in [0.1, 0.15) is 77.1 Å². The van der Waals surface area contributed by atoms with Gasteiger partial charge in [-0.3, -0.25) is 24.1 Å². The largest absolute Gasteiger partial charge is 0.363 e. The van der Waals surface area contributed by atoms with Gasteiger partial charge in [0.15, 0.2) is 0 Å². The summed E-state index contributed by atoms with van der Waals surface area (Å²) in [5.74, 6) is -1.09. The maximum Gasteiger partial charge on any atom is 0.253 e. The maximum absolute atomic E-state index is 12.8. The van der Waals surface area contributed by atoms with Crippen molar-refractivity contribution in [3.05, 3.63) is 42.0 Å². The van der Waals surface area contributed by atoms with Gasteiger partial charge >= 0.3 is 0 Å². The van der Waals surface area contributed by atoms with Crippen LogP contribution in [0.2, 0.25) is 0 Å². The Morgan fingerprint density at radius 1 is 0.947 bits per heavy atom. The molecule has 0 saturated heterocycles. The van der Waals surface area contributed by atoms with Gasteiger partial charge in [0.1, 0.15) is 12.8 Å². The Morgan fingerprint density at radius 3 is 2.16 bits per heavy atom. The molecule has 9 heteroatoms. The second kappa shape index (κ2) is 18.1. The van der Waals surface area contributed by atoms with E-state index in [1.807, 2.05) is 46.8 Å². The van der Waals surface area contributed by atoms with Gasteiger partial charge in [-0.1, -0.05) is 53.2 Å². The lowest BCUT2D eigenvalue weighted by atomic mass is 10.0. The van der Waals surface area contributed by atoms with Crippen LogP contribution in [0.15, 0.2) is 36.4 Å². The Labute approximate surface area is 232 Å². The average molecular weight is 537 g/mol. The summed E-state index contributed by atoms with van der Waals surface area (Å²) >= 11 is 0. The molecular formula is C29H52N4O5. The van der Waals surface area contributed by atoms with E-state index in [0.29, 0.717) is 39.1 Å². The number of benzene rings is 1. The summed E-state index contributed by atoms with van der Waals surface area (Å²) in [6.07, 6.45) is 5.76. The van der Waals surface area contributed by atoms with Crippen LogP contribution in [-0.2, 0) is 30.3 Å². The van der Waals surface area contributed by atoms with Crippen molar-refractivity contribution < 1.29 is 28.2 Å². The van der Waals surface area contributed by atoms with Crippen molar-refractivity contribution in [3.63, 3.8) is 0 Å². The zero-order valence-electron chi connectivity index (χ0n) is 23.8. The molecule has 1 aliphatic heterocycles. The molecule has 0 aliphatic carbocycles. The quantitative estimate of drug-likeness (QED) is 0.162. The summed E-state index contributed by atoms with van der Waals surface area (Å²) in [4.78, 5) is 49.4. The van der Waals surface area contributed by atoms with Crippen LogP contribution >= 0.6 is 0 Å². The molecule has 218 valence electrons. The van der Waals surface area contributed by atoms with Gasteiger partial charge in [0, 0.05) is 41.1 Å². The molecule has 1 heterocycles. The van der Waals surface area contributed by atoms with E-state index in [9.17, 15) is 19.2 Å². The molecular weight excluding hydrogens is 484 g/mol. The first kappa shape index (κ1) is 32.8. The second-order valence-electron chi connectivity index (χ2n) is 9.41. The molecule has 0 spiro atoms. The molecule has 1 aromatic rings. The predicted molar refractivity (Wildman–Crippen MR) is 157 cm³/mol. The Balaban J connectivity index is -0.00000282. The van der Waals surface area contributed by atoms with Crippen LogP contribution in [-0.4, -0.2) is 60.5 Å². The van der Waals surface area contributed by atoms with E-state index >= 15 is 0 Å². The molecule has 0 saturated carbocycles. The van der Waals surface area contributed by atoms with E-state index in [2.05, 4.69) is 35.0 Å². The van der Waals surface area contributed by atoms with Gasteiger partial charge < -0.3 is 20.7 Å². The van der Waals surface area contributed by atoms with E-state index in [0.717, 1.165) is 12.1 Å². The smallest absolute Gasteiger partial charge is 0.253 e. The Kier molecular flexibility index (Phi) is 15.7. The van der Waals surface area contributed by atoms with E-state index in [1.165, 1.54) is 22.6 Å². The third-order valence-electron chi connectivity index (χ3n) is 5.95. The Bertz CT molecular complexity index is 912. The summed E-state index contributed by atoms with van der Waals surface area (Å²) < 4.78 is 5.64. The Morgan fingerprint density at radius 2 is 1.58 bits per heavy atom. The number of unbranched alkanes of at least 4 members (excludes halogenated alkanes) is 2. The zero-order valence-corrected chi connectivity index (χ0v) is 23.8. The topological polar surface area (TPSA) is 117 Å². The number of nitrogens with one attached hydrogen (secondary N) is 3. The number of nitrogens with zero attached hydrogens (tertiary/aromatic N) is 1. The van der Waals surface area contributed by atoms with E-state index in [-0.39, 0.29) is 46.3 Å². The van der Waals surface area contributed by atoms with Crippen LogP contribution in [0, 0.1) is 5.92 Å². The van der Waals surface area contributed by atoms with Gasteiger partial charge in [-0.2, -0.15) is 0 Å². The van der Waals surface area contributed by atoms with Gasteiger partial charge in [0.25, 0.3) is 11.8 Å². The number of hydrogen-bond acceptors (Lipinski definition) is 6. The lowest BCUT2D eigenvalue weighted by molar-refractivity contribution is -0.137. The van der Waals surface area contributed by atoms with Gasteiger partial charge in [0.05, 0.1) is 6.61 Å². The third kappa shape index (κ3) is 11.9. The first-order valence-electron chi connectivity index (χ1n) is 13.7. The van der Waals surface area contributed by atoms with Crippen molar-refractivity contribution in [2.24, 2.45) is 5.92 Å². The first-order chi connectivity index (χ1) is 18.2. The SMILES string of the molecule is CC.CCc1ccc(NCOC[C@H](C)NC(=O)[C@@H](NC(=O)CCCCCN2C(=O)C=CC2=O)C(C)C)cc1.[HH].[HH].[HH]. The molecule has 0 aromatic heterocycles. The van der Waals surface area contributed by atoms with Crippen LogP contribution in [0.25, 0.3) is 0 Å². The molecule has 1 aromatic carbocycles. The lowest BCUT2D eigenvalue weighted by Gasteiger charge is -2.24. The molecule has 0 unspecified atom stereocenters. The van der Waals surface area contributed by atoms with Gasteiger partial charge in [0.2, 0.25) is 11.8 Å². The highest BCUT2D eigenvalue weighted by molar-refractivity contribution is 6.12. The number of carbonyl (C=O) groups is 4. The predicted octanol–water partition coefficient (Wildman–Crippen LogP) is 4.53. The molecule has 1 aliphatic rings. The molecule has 2 atom stereocenters. The lowest BCUT2D eigenvalue weighted by Crippen LogP contribution is -2.52. The minimum Gasteiger partial charge on any atom is -0.363 e. The van der Waals surface area contributed by atoms with Crippen LogP contribution in [0.3, 0.4) is 0 Å². The summed E-state index contributed by atoms with van der Waals surface area (Å²) in [7, 11) is 0. The van der Waals surface area contributed by atoms with Gasteiger partial charge in [-0.25, -0.2) is 0 Å². The van der Waals surface area contributed by atoms with Crippen molar-refractivity contribution in [2.45, 2.75) is 85.7 Å². The fourth-order valence-electron chi connectivity index (χ4n) is 3.77. The maximum atomic E-state index is 12.8. The number of aryl methyl sites for hydroxylation is 1. The minimum absolute atomic E-state index is 0. The number of imide groups is 1. The average Bonchev–Trinajstić information content (AvgIpc) is 3.23. The number of rotatable bonds is 16. The zero-order chi connectivity index (χ0) is 28.5. The van der Waals surface area contributed by atoms with Gasteiger partial charge in [-0.15, -0.1) is 0 Å². The monoisotopic (exact) mass is 536 g/mol. The molecule has 0 radical (unpaired) electrons. The molecule has 2 rings (SSSR count). The van der Waals surface area contributed by atoms with Crippen molar-refractivity contribution in [2.75, 3.05) is 25.2 Å². The van der Waals surface area contributed by atoms with Crippen LogP contribution < -0.4 is 16.0 Å². The number of amides is 4. The Hall–Kier alpha value is -3.20. The standard InChI is InChI=1S/C27H40N4O5.C2H6.3H2/c1-5-21-10-12-22(13-11-21)28-18-36-17-20(4)29-27(35)26(19(2)3)30-23(32)9-7-6-8-16-31-24(33)14-15-25(31)34;1-2;;;/h10-15,19-20,26,28H,5-9,16-18H2,1-4H3,(H,29,35)(H,30,32);1-2H3;3*1H/t20-,26-;;;;/m0..../s1. The highest BCUT2D eigenvalue weighted by Gasteiger charge is 2.25. The normalized spacial score (nSPS) is 14.1. The molecule has 0 fully saturated rings. The highest BCUT2D eigenvalue weighted by atomic mass is 16.5. The highest BCUT2D eigenvalue weighted by Crippen LogP contribution is 2.10.